The molecule has 2 aromatic carbocycles. The topological polar surface area (TPSA) is 72.4 Å². The van der Waals surface area contributed by atoms with Crippen LogP contribution in [0.15, 0.2) is 48.5 Å². The van der Waals surface area contributed by atoms with E-state index in [2.05, 4.69) is 34.0 Å². The number of aryl methyl sites for hydroxylation is 2. The van der Waals surface area contributed by atoms with Gasteiger partial charge in [-0.3, -0.25) is 19.6 Å². The predicted octanol–water partition coefficient (Wildman–Crippen LogP) is 3.71. The number of nitro groups is 1. The molecule has 0 N–H and O–H groups in total. The average molecular weight is 425 g/mol. The van der Waals surface area contributed by atoms with Gasteiger partial charge in [0.15, 0.2) is 0 Å². The summed E-state index contributed by atoms with van der Waals surface area (Å²) in [7, 11) is 0. The zero-order valence-corrected chi connectivity index (χ0v) is 17.9. The summed E-state index contributed by atoms with van der Waals surface area (Å²) in [4.78, 5) is 15.0. The summed E-state index contributed by atoms with van der Waals surface area (Å²) in [5.41, 5.74) is 3.35. The molecule has 1 aliphatic rings. The second kappa shape index (κ2) is 8.37. The molecule has 0 radical (unpaired) electrons. The van der Waals surface area contributed by atoms with E-state index in [0.717, 1.165) is 43.4 Å². The largest absolute Gasteiger partial charge is 0.369 e. The van der Waals surface area contributed by atoms with Gasteiger partial charge in [0.25, 0.3) is 5.69 Å². The number of non-ortho nitro benzene ring substituents is 1. The van der Waals surface area contributed by atoms with Gasteiger partial charge in [0.05, 0.1) is 11.6 Å². The number of rotatable bonds is 5. The van der Waals surface area contributed by atoms with Crippen LogP contribution in [0.2, 0.25) is 0 Å². The van der Waals surface area contributed by atoms with Crippen LogP contribution in [0.25, 0.3) is 5.69 Å². The fraction of sp³-hybridized carbons (Fsp3) is 0.333. The van der Waals surface area contributed by atoms with Crippen molar-refractivity contribution in [2.75, 3.05) is 31.1 Å². The molecule has 3 aromatic rings. The van der Waals surface area contributed by atoms with Crippen molar-refractivity contribution < 1.29 is 4.92 Å². The smallest absolute Gasteiger partial charge is 0.269 e. The Labute approximate surface area is 180 Å². The van der Waals surface area contributed by atoms with Crippen LogP contribution in [0, 0.1) is 28.7 Å². The Hall–Kier alpha value is -3.04. The predicted molar refractivity (Wildman–Crippen MR) is 119 cm³/mol. The first-order chi connectivity index (χ1) is 14.4. The minimum absolute atomic E-state index is 0.117. The minimum Gasteiger partial charge on any atom is -0.369 e. The van der Waals surface area contributed by atoms with Gasteiger partial charge in [-0.2, -0.15) is 5.10 Å². The van der Waals surface area contributed by atoms with E-state index >= 15 is 0 Å². The molecular formula is C21H24N6O2S. The van der Waals surface area contributed by atoms with Crippen molar-refractivity contribution in [3.05, 3.63) is 74.8 Å². The van der Waals surface area contributed by atoms with E-state index < -0.39 is 0 Å². The molecule has 0 aliphatic carbocycles. The fourth-order valence-electron chi connectivity index (χ4n) is 3.79. The number of benzene rings is 2. The first kappa shape index (κ1) is 20.2. The summed E-state index contributed by atoms with van der Waals surface area (Å²) in [5.74, 6) is 0.870. The molecule has 4 rings (SSSR count). The molecule has 0 amide bonds. The Morgan fingerprint density at radius 1 is 1.03 bits per heavy atom. The van der Waals surface area contributed by atoms with Crippen LogP contribution in [0.3, 0.4) is 0 Å². The van der Waals surface area contributed by atoms with Crippen LogP contribution in [-0.2, 0) is 6.67 Å². The maximum Gasteiger partial charge on any atom is 0.269 e. The maximum absolute atomic E-state index is 10.8. The van der Waals surface area contributed by atoms with Crippen LogP contribution in [0.4, 0.5) is 11.4 Å². The first-order valence-electron chi connectivity index (χ1n) is 9.87. The summed E-state index contributed by atoms with van der Waals surface area (Å²) in [6.45, 7) is 8.13. The molecule has 1 fully saturated rings. The standard InChI is InChI=1S/C21H24N6O2S/c1-16-4-3-5-20(14-16)26-17(2)22-25(21(26)30)15-23-10-12-24(13-11-23)18-6-8-19(9-7-18)27(28)29/h3-9,14H,10-13,15H2,1-2H3. The first-order valence-corrected chi connectivity index (χ1v) is 10.3. The van der Waals surface area contributed by atoms with Crippen molar-refractivity contribution in [1.82, 2.24) is 19.2 Å². The summed E-state index contributed by atoms with van der Waals surface area (Å²) in [5, 5.41) is 15.5. The molecule has 30 heavy (non-hydrogen) atoms. The SMILES string of the molecule is Cc1cccc(-n2c(C)nn(CN3CCN(c4ccc([N+](=O)[O-])cc4)CC3)c2=S)c1. The molecule has 0 saturated carbocycles. The number of nitro benzene ring substituents is 1. The molecular weight excluding hydrogens is 400 g/mol. The lowest BCUT2D eigenvalue weighted by atomic mass is 10.2. The van der Waals surface area contributed by atoms with Gasteiger partial charge in [-0.05, 0) is 55.9 Å². The monoisotopic (exact) mass is 424 g/mol. The lowest BCUT2D eigenvalue weighted by Gasteiger charge is -2.35. The van der Waals surface area contributed by atoms with Gasteiger partial charge in [-0.15, -0.1) is 0 Å². The summed E-state index contributed by atoms with van der Waals surface area (Å²) in [6, 6.07) is 15.0. The molecule has 9 heteroatoms. The van der Waals surface area contributed by atoms with Crippen molar-refractivity contribution in [2.24, 2.45) is 0 Å². The van der Waals surface area contributed by atoms with E-state index in [-0.39, 0.29) is 10.6 Å². The third-order valence-electron chi connectivity index (χ3n) is 5.39. The van der Waals surface area contributed by atoms with E-state index in [4.69, 9.17) is 12.2 Å². The average Bonchev–Trinajstić information content (AvgIpc) is 3.01. The van der Waals surface area contributed by atoms with Gasteiger partial charge in [0.1, 0.15) is 5.82 Å². The molecule has 156 valence electrons. The zero-order chi connectivity index (χ0) is 21.3. The lowest BCUT2D eigenvalue weighted by molar-refractivity contribution is -0.384. The third-order valence-corrected chi connectivity index (χ3v) is 5.79. The Kier molecular flexibility index (Phi) is 5.65. The fourth-order valence-corrected chi connectivity index (χ4v) is 4.13. The number of aromatic nitrogens is 3. The molecule has 0 spiro atoms. The summed E-state index contributed by atoms with van der Waals surface area (Å²) < 4.78 is 4.58. The van der Waals surface area contributed by atoms with Crippen LogP contribution in [0.5, 0.6) is 0 Å². The Balaban J connectivity index is 1.43. The summed E-state index contributed by atoms with van der Waals surface area (Å²) >= 11 is 5.71. The molecule has 0 bridgehead atoms. The van der Waals surface area contributed by atoms with Crippen LogP contribution in [-0.4, -0.2) is 50.3 Å². The van der Waals surface area contributed by atoms with Crippen molar-refractivity contribution in [2.45, 2.75) is 20.5 Å². The number of hydrogen-bond acceptors (Lipinski definition) is 6. The molecule has 0 atom stereocenters. The highest BCUT2D eigenvalue weighted by atomic mass is 32.1. The van der Waals surface area contributed by atoms with Gasteiger partial charge < -0.3 is 4.90 Å². The maximum atomic E-state index is 10.8. The van der Waals surface area contributed by atoms with E-state index in [9.17, 15) is 10.1 Å². The molecule has 8 nitrogen and oxygen atoms in total. The van der Waals surface area contributed by atoms with E-state index in [1.54, 1.807) is 12.1 Å². The molecule has 1 saturated heterocycles. The Morgan fingerprint density at radius 2 is 1.73 bits per heavy atom. The van der Waals surface area contributed by atoms with E-state index in [0.29, 0.717) is 11.4 Å². The van der Waals surface area contributed by atoms with Crippen molar-refractivity contribution in [3.8, 4) is 5.69 Å². The van der Waals surface area contributed by atoms with Crippen molar-refractivity contribution >= 4 is 23.6 Å². The van der Waals surface area contributed by atoms with Crippen LogP contribution < -0.4 is 4.90 Å². The van der Waals surface area contributed by atoms with Gasteiger partial charge in [-0.25, -0.2) is 4.68 Å². The van der Waals surface area contributed by atoms with Crippen LogP contribution in [0.1, 0.15) is 11.4 Å². The second-order valence-electron chi connectivity index (χ2n) is 7.52. The lowest BCUT2D eigenvalue weighted by Crippen LogP contribution is -2.47. The highest BCUT2D eigenvalue weighted by Crippen LogP contribution is 2.21. The Morgan fingerprint density at radius 3 is 2.37 bits per heavy atom. The third kappa shape index (κ3) is 4.12. The molecule has 1 aromatic heterocycles. The van der Waals surface area contributed by atoms with Crippen LogP contribution >= 0.6 is 12.2 Å². The van der Waals surface area contributed by atoms with Gasteiger partial charge in [0, 0.05) is 49.7 Å². The van der Waals surface area contributed by atoms with Crippen molar-refractivity contribution in [3.63, 3.8) is 0 Å². The van der Waals surface area contributed by atoms with Gasteiger partial charge in [0.2, 0.25) is 4.77 Å². The highest BCUT2D eigenvalue weighted by molar-refractivity contribution is 7.71. The van der Waals surface area contributed by atoms with E-state index in [1.165, 1.54) is 5.56 Å². The van der Waals surface area contributed by atoms with Gasteiger partial charge >= 0.3 is 0 Å². The minimum atomic E-state index is -0.372. The quantitative estimate of drug-likeness (QED) is 0.353. The molecule has 2 heterocycles. The molecule has 0 unspecified atom stereocenters. The molecule has 1 aliphatic heterocycles. The number of piperazine rings is 1. The van der Waals surface area contributed by atoms with Gasteiger partial charge in [-0.1, -0.05) is 12.1 Å². The highest BCUT2D eigenvalue weighted by Gasteiger charge is 2.19. The Bertz CT molecular complexity index is 1110. The zero-order valence-electron chi connectivity index (χ0n) is 17.1. The number of hydrogen-bond donors (Lipinski definition) is 0. The van der Waals surface area contributed by atoms with Crippen molar-refractivity contribution in [1.29, 1.82) is 0 Å². The van der Waals surface area contributed by atoms with E-state index in [1.807, 2.05) is 40.4 Å². The summed E-state index contributed by atoms with van der Waals surface area (Å²) in [6.07, 6.45) is 0. The second-order valence-corrected chi connectivity index (χ2v) is 7.89. The number of anilines is 1. The number of nitrogens with zero attached hydrogens (tertiary/aromatic N) is 6. The normalized spacial score (nSPS) is 14.8.